The van der Waals surface area contributed by atoms with Crippen molar-refractivity contribution in [1.29, 1.82) is 0 Å². The van der Waals surface area contributed by atoms with E-state index < -0.39 is 5.60 Å². The molecule has 2 heteroatoms. The maximum Gasteiger partial charge on any atom is 0.193 e. The van der Waals surface area contributed by atoms with Crippen LogP contribution in [0.5, 0.6) is 0 Å². The minimum atomic E-state index is -0.711. The van der Waals surface area contributed by atoms with Gasteiger partial charge in [0.1, 0.15) is 0 Å². The second-order valence-electron chi connectivity index (χ2n) is 9.64. The first-order valence-corrected chi connectivity index (χ1v) is 10.2. The highest BCUT2D eigenvalue weighted by atomic mass is 16.3. The fraction of sp³-hybridized carbons (Fsp3) is 0.480. The number of rotatable bonds is 2. The van der Waals surface area contributed by atoms with Crippen LogP contribution in [0, 0.1) is 22.7 Å². The number of carbonyl (C=O) groups is 1. The lowest BCUT2D eigenvalue weighted by atomic mass is 9.45. The van der Waals surface area contributed by atoms with Crippen LogP contribution in [0.25, 0.3) is 6.08 Å². The van der Waals surface area contributed by atoms with Crippen molar-refractivity contribution < 1.29 is 9.90 Å². The van der Waals surface area contributed by atoms with Crippen LogP contribution in [0.1, 0.15) is 52.0 Å². The Kier molecular flexibility index (Phi) is 4.31. The molecule has 2 saturated carbocycles. The highest BCUT2D eigenvalue weighted by Crippen LogP contribution is 2.64. The molecule has 142 valence electrons. The number of ketones is 1. The summed E-state index contributed by atoms with van der Waals surface area (Å²) in [6, 6.07) is 10.2. The quantitative estimate of drug-likeness (QED) is 0.675. The third kappa shape index (κ3) is 3.04. The SMILES string of the molecule is CC1(C)CCCC2(C)C3=CC(=O)C=CC3C([OH2+])(/C=C/c3ccccc3)CC12. The van der Waals surface area contributed by atoms with E-state index in [2.05, 4.69) is 45.1 Å². The second kappa shape index (κ2) is 6.31. The number of fused-ring (bicyclic) bond motifs is 3. The molecule has 0 bridgehead atoms. The van der Waals surface area contributed by atoms with Gasteiger partial charge in [0.15, 0.2) is 11.4 Å². The normalized spacial score (nSPS) is 37.6. The molecular formula is C25H31O2+. The molecule has 0 radical (unpaired) electrons. The van der Waals surface area contributed by atoms with Crippen LogP contribution in [-0.2, 0) is 4.79 Å². The monoisotopic (exact) mass is 363 g/mol. The van der Waals surface area contributed by atoms with E-state index in [1.807, 2.05) is 30.4 Å². The molecule has 0 spiro atoms. The molecule has 0 amide bonds. The van der Waals surface area contributed by atoms with Crippen molar-refractivity contribution in [3.05, 3.63) is 65.8 Å². The van der Waals surface area contributed by atoms with E-state index in [0.717, 1.165) is 18.4 Å². The molecule has 0 aromatic heterocycles. The maximum absolute atomic E-state index is 12.2. The molecule has 1 aromatic carbocycles. The number of hydrogen-bond donors (Lipinski definition) is 0. The van der Waals surface area contributed by atoms with Gasteiger partial charge in [0, 0.05) is 6.42 Å². The molecule has 27 heavy (non-hydrogen) atoms. The van der Waals surface area contributed by atoms with Gasteiger partial charge in [0.2, 0.25) is 0 Å². The largest absolute Gasteiger partial charge is 0.437 e. The average Bonchev–Trinajstić information content (AvgIpc) is 2.63. The van der Waals surface area contributed by atoms with Gasteiger partial charge in [-0.05, 0) is 59.0 Å². The van der Waals surface area contributed by atoms with Crippen molar-refractivity contribution in [2.24, 2.45) is 22.7 Å². The molecule has 0 saturated heterocycles. The van der Waals surface area contributed by atoms with Gasteiger partial charge in [0.25, 0.3) is 0 Å². The van der Waals surface area contributed by atoms with E-state index in [1.54, 1.807) is 6.08 Å². The van der Waals surface area contributed by atoms with Gasteiger partial charge in [-0.1, -0.05) is 69.7 Å². The van der Waals surface area contributed by atoms with E-state index in [0.29, 0.717) is 5.92 Å². The van der Waals surface area contributed by atoms with Gasteiger partial charge < -0.3 is 5.11 Å². The van der Waals surface area contributed by atoms with Gasteiger partial charge >= 0.3 is 0 Å². The molecule has 0 aliphatic heterocycles. The molecule has 4 rings (SSSR count). The van der Waals surface area contributed by atoms with Crippen molar-refractivity contribution >= 4 is 11.9 Å². The Hall–Kier alpha value is -1.93. The Morgan fingerprint density at radius 3 is 2.59 bits per heavy atom. The molecule has 0 heterocycles. The zero-order valence-corrected chi connectivity index (χ0v) is 16.7. The summed E-state index contributed by atoms with van der Waals surface area (Å²) in [6.07, 6.45) is 14.1. The lowest BCUT2D eigenvalue weighted by Crippen LogP contribution is -2.56. The van der Waals surface area contributed by atoms with Crippen molar-refractivity contribution in [3.8, 4) is 0 Å². The highest BCUT2D eigenvalue weighted by Gasteiger charge is 2.60. The van der Waals surface area contributed by atoms with Crippen LogP contribution in [0.15, 0.2) is 60.2 Å². The molecular weight excluding hydrogens is 332 g/mol. The zero-order chi connectivity index (χ0) is 19.3. The molecule has 2 fully saturated rings. The number of benzene rings is 1. The summed E-state index contributed by atoms with van der Waals surface area (Å²) in [5.74, 6) is 0.490. The fourth-order valence-electron chi connectivity index (χ4n) is 5.97. The predicted molar refractivity (Wildman–Crippen MR) is 111 cm³/mol. The van der Waals surface area contributed by atoms with E-state index in [4.69, 9.17) is 0 Å². The highest BCUT2D eigenvalue weighted by molar-refractivity contribution is 6.01. The Morgan fingerprint density at radius 1 is 1.11 bits per heavy atom. The number of carbonyl (C=O) groups excluding carboxylic acids is 1. The standard InChI is InChI=1S/C25H30O2/c1-23(2)13-7-14-24(3)21-16-19(26)10-11-20(21)25(27,17-22(23)24)15-12-18-8-5-4-6-9-18/h4-6,8-12,15-16,20,22,27H,7,13-14,17H2,1-3H3/p+1/b15-12+. The third-order valence-electron chi connectivity index (χ3n) is 7.44. The summed E-state index contributed by atoms with van der Waals surface area (Å²) in [6.45, 7) is 7.07. The van der Waals surface area contributed by atoms with E-state index in [-0.39, 0.29) is 22.5 Å². The summed E-state index contributed by atoms with van der Waals surface area (Å²) < 4.78 is 0. The minimum Gasteiger partial charge on any atom is -0.437 e. The lowest BCUT2D eigenvalue weighted by Gasteiger charge is -2.59. The summed E-state index contributed by atoms with van der Waals surface area (Å²) in [7, 11) is 0. The maximum atomic E-state index is 12.2. The van der Waals surface area contributed by atoms with Crippen LogP contribution in [0.2, 0.25) is 0 Å². The fourth-order valence-corrected chi connectivity index (χ4v) is 5.97. The Morgan fingerprint density at radius 2 is 1.85 bits per heavy atom. The first-order chi connectivity index (χ1) is 12.7. The van der Waals surface area contributed by atoms with Gasteiger partial charge in [-0.15, -0.1) is 0 Å². The zero-order valence-electron chi connectivity index (χ0n) is 16.7. The van der Waals surface area contributed by atoms with Crippen LogP contribution in [0.3, 0.4) is 0 Å². The second-order valence-corrected chi connectivity index (χ2v) is 9.64. The van der Waals surface area contributed by atoms with Gasteiger partial charge in [0.05, 0.1) is 5.92 Å². The molecule has 4 atom stereocenters. The van der Waals surface area contributed by atoms with Gasteiger partial charge in [-0.2, -0.15) is 0 Å². The van der Waals surface area contributed by atoms with Crippen molar-refractivity contribution in [2.75, 3.05) is 0 Å². The Labute approximate surface area is 162 Å². The minimum absolute atomic E-state index is 0.00897. The lowest BCUT2D eigenvalue weighted by molar-refractivity contribution is -0.112. The summed E-state index contributed by atoms with van der Waals surface area (Å²) in [5.41, 5.74) is 1.83. The topological polar surface area (TPSA) is 40.0 Å². The molecule has 3 aliphatic rings. The molecule has 4 unspecified atom stereocenters. The third-order valence-corrected chi connectivity index (χ3v) is 7.44. The smallest absolute Gasteiger partial charge is 0.193 e. The molecule has 1 aromatic rings. The van der Waals surface area contributed by atoms with E-state index >= 15 is 0 Å². The van der Waals surface area contributed by atoms with Crippen LogP contribution >= 0.6 is 0 Å². The summed E-state index contributed by atoms with van der Waals surface area (Å²) in [5, 5.41) is 9.46. The molecule has 2 N–H and O–H groups in total. The average molecular weight is 364 g/mol. The van der Waals surface area contributed by atoms with Gasteiger partial charge in [-0.3, -0.25) is 4.79 Å². The van der Waals surface area contributed by atoms with E-state index in [1.165, 1.54) is 18.4 Å². The van der Waals surface area contributed by atoms with Crippen LogP contribution in [-0.4, -0.2) is 16.5 Å². The number of allylic oxidation sites excluding steroid dienone is 2. The first-order valence-electron chi connectivity index (χ1n) is 10.2. The van der Waals surface area contributed by atoms with Crippen LogP contribution in [0.4, 0.5) is 0 Å². The summed E-state index contributed by atoms with van der Waals surface area (Å²) in [4.78, 5) is 12.2. The van der Waals surface area contributed by atoms with Crippen molar-refractivity contribution in [2.45, 2.75) is 52.1 Å². The summed E-state index contributed by atoms with van der Waals surface area (Å²) >= 11 is 0. The van der Waals surface area contributed by atoms with Gasteiger partial charge in [-0.25, -0.2) is 0 Å². The Bertz CT molecular complexity index is 829. The molecule has 2 nitrogen and oxygen atoms in total. The van der Waals surface area contributed by atoms with Crippen molar-refractivity contribution in [3.63, 3.8) is 0 Å². The van der Waals surface area contributed by atoms with Crippen LogP contribution < -0.4 is 0 Å². The Balaban J connectivity index is 1.79. The first kappa shape index (κ1) is 18.4. The number of hydrogen-bond acceptors (Lipinski definition) is 1. The van der Waals surface area contributed by atoms with E-state index in [9.17, 15) is 9.90 Å². The van der Waals surface area contributed by atoms with Crippen molar-refractivity contribution in [1.82, 2.24) is 0 Å². The predicted octanol–water partition coefficient (Wildman–Crippen LogP) is 5.08. The molecule has 3 aliphatic carbocycles.